The molecule has 0 bridgehead atoms. The smallest absolute Gasteiger partial charge is 0.233 e. The number of thioether (sulfide) groups is 1. The molecule has 1 N–H and O–H groups in total. The molecule has 0 spiro atoms. The molecule has 3 aromatic rings. The topological polar surface area (TPSA) is 72.7 Å². The van der Waals surface area contributed by atoms with Crippen LogP contribution in [0.5, 0.6) is 0 Å². The standard InChI is InChI=1S/C21H22FN5OS/c1-4-13-27-19(17-9-11-23-12-10-17)25-26-21(27)29-15(3)20(28)24-14(2)16-5-7-18(22)8-6-16/h4-12,14-15H,1,13H2,2-3H3,(H,24,28)/t14-,15+/m1/s1. The summed E-state index contributed by atoms with van der Waals surface area (Å²) in [6.07, 6.45) is 5.16. The maximum Gasteiger partial charge on any atom is 0.233 e. The molecule has 2 heterocycles. The first-order valence-electron chi connectivity index (χ1n) is 9.16. The van der Waals surface area contributed by atoms with E-state index in [-0.39, 0.29) is 17.8 Å². The van der Waals surface area contributed by atoms with Gasteiger partial charge < -0.3 is 5.32 Å². The van der Waals surface area contributed by atoms with Crippen molar-refractivity contribution in [1.82, 2.24) is 25.1 Å². The number of carbonyl (C=O) groups is 1. The van der Waals surface area contributed by atoms with Gasteiger partial charge in [-0.25, -0.2) is 4.39 Å². The largest absolute Gasteiger partial charge is 0.349 e. The Labute approximate surface area is 173 Å². The Morgan fingerprint density at radius 1 is 1.21 bits per heavy atom. The quantitative estimate of drug-likeness (QED) is 0.448. The third-order valence-electron chi connectivity index (χ3n) is 4.35. The molecule has 8 heteroatoms. The van der Waals surface area contributed by atoms with E-state index in [4.69, 9.17) is 0 Å². The number of pyridine rings is 1. The van der Waals surface area contributed by atoms with E-state index in [1.165, 1.54) is 23.9 Å². The summed E-state index contributed by atoms with van der Waals surface area (Å²) in [6.45, 7) is 8.00. The maximum absolute atomic E-state index is 13.1. The van der Waals surface area contributed by atoms with Crippen LogP contribution in [0.15, 0.2) is 66.6 Å². The van der Waals surface area contributed by atoms with Crippen molar-refractivity contribution in [2.75, 3.05) is 0 Å². The molecule has 3 rings (SSSR count). The average Bonchev–Trinajstić information content (AvgIpc) is 3.11. The van der Waals surface area contributed by atoms with Gasteiger partial charge in [0.15, 0.2) is 11.0 Å². The van der Waals surface area contributed by atoms with Crippen molar-refractivity contribution >= 4 is 17.7 Å². The van der Waals surface area contributed by atoms with Gasteiger partial charge in [-0.2, -0.15) is 0 Å². The zero-order valence-electron chi connectivity index (χ0n) is 16.2. The van der Waals surface area contributed by atoms with Crippen LogP contribution in [0.2, 0.25) is 0 Å². The molecule has 150 valence electrons. The number of allylic oxidation sites excluding steroid dienone is 1. The van der Waals surface area contributed by atoms with Gasteiger partial charge in [0, 0.05) is 24.5 Å². The van der Waals surface area contributed by atoms with Gasteiger partial charge in [0.05, 0.1) is 11.3 Å². The van der Waals surface area contributed by atoms with Gasteiger partial charge in [0.25, 0.3) is 0 Å². The van der Waals surface area contributed by atoms with E-state index in [0.29, 0.717) is 17.5 Å². The number of aromatic nitrogens is 4. The number of halogens is 1. The molecule has 0 unspecified atom stereocenters. The highest BCUT2D eigenvalue weighted by Gasteiger charge is 2.22. The number of amides is 1. The minimum atomic E-state index is -0.393. The molecular weight excluding hydrogens is 389 g/mol. The second-order valence-electron chi connectivity index (χ2n) is 6.48. The SMILES string of the molecule is C=CCn1c(S[C@@H](C)C(=O)N[C@H](C)c2ccc(F)cc2)nnc1-c1ccncc1. The molecule has 6 nitrogen and oxygen atoms in total. The van der Waals surface area contributed by atoms with Gasteiger partial charge in [-0.1, -0.05) is 30.0 Å². The lowest BCUT2D eigenvalue weighted by molar-refractivity contribution is -0.120. The number of nitrogens with one attached hydrogen (secondary N) is 1. The van der Waals surface area contributed by atoms with Crippen LogP contribution in [0, 0.1) is 5.82 Å². The summed E-state index contributed by atoms with van der Waals surface area (Å²) >= 11 is 1.33. The second kappa shape index (κ2) is 9.47. The van der Waals surface area contributed by atoms with Crippen LogP contribution in [0.25, 0.3) is 11.4 Å². The van der Waals surface area contributed by atoms with Crippen molar-refractivity contribution in [2.45, 2.75) is 36.8 Å². The van der Waals surface area contributed by atoms with Crippen molar-refractivity contribution in [3.63, 3.8) is 0 Å². The molecule has 0 radical (unpaired) electrons. The third-order valence-corrected chi connectivity index (χ3v) is 5.43. The first-order valence-corrected chi connectivity index (χ1v) is 10.0. The zero-order chi connectivity index (χ0) is 20.8. The summed E-state index contributed by atoms with van der Waals surface area (Å²) in [7, 11) is 0. The first kappa shape index (κ1) is 20.7. The van der Waals surface area contributed by atoms with Gasteiger partial charge >= 0.3 is 0 Å². The fourth-order valence-electron chi connectivity index (χ4n) is 2.76. The van der Waals surface area contributed by atoms with Crippen LogP contribution in [-0.2, 0) is 11.3 Å². The van der Waals surface area contributed by atoms with E-state index in [1.807, 2.05) is 30.5 Å². The molecule has 0 aliphatic rings. The zero-order valence-corrected chi connectivity index (χ0v) is 17.1. The molecule has 2 aromatic heterocycles. The van der Waals surface area contributed by atoms with Gasteiger partial charge in [0.2, 0.25) is 5.91 Å². The molecule has 1 amide bonds. The number of hydrogen-bond acceptors (Lipinski definition) is 5. The third kappa shape index (κ3) is 5.08. The lowest BCUT2D eigenvalue weighted by atomic mass is 10.1. The molecule has 0 saturated carbocycles. The van der Waals surface area contributed by atoms with Crippen molar-refractivity contribution in [3.05, 3.63) is 72.8 Å². The van der Waals surface area contributed by atoms with Gasteiger partial charge in [-0.15, -0.1) is 16.8 Å². The summed E-state index contributed by atoms with van der Waals surface area (Å²) in [5, 5.41) is 11.7. The number of rotatable bonds is 8. The molecule has 0 aliphatic heterocycles. The number of nitrogens with zero attached hydrogens (tertiary/aromatic N) is 4. The lowest BCUT2D eigenvalue weighted by Crippen LogP contribution is -2.33. The van der Waals surface area contributed by atoms with Crippen molar-refractivity contribution in [3.8, 4) is 11.4 Å². The van der Waals surface area contributed by atoms with Crippen molar-refractivity contribution < 1.29 is 9.18 Å². The van der Waals surface area contributed by atoms with Crippen LogP contribution in [0.3, 0.4) is 0 Å². The molecule has 29 heavy (non-hydrogen) atoms. The Morgan fingerprint density at radius 3 is 2.55 bits per heavy atom. The Kier molecular flexibility index (Phi) is 6.77. The predicted molar refractivity (Wildman–Crippen MR) is 112 cm³/mol. The molecule has 1 aromatic carbocycles. The van der Waals surface area contributed by atoms with Crippen molar-refractivity contribution in [1.29, 1.82) is 0 Å². The van der Waals surface area contributed by atoms with Gasteiger partial charge in [-0.3, -0.25) is 14.3 Å². The number of benzene rings is 1. The van der Waals surface area contributed by atoms with Crippen LogP contribution >= 0.6 is 11.8 Å². The van der Waals surface area contributed by atoms with E-state index in [1.54, 1.807) is 30.6 Å². The molecule has 0 saturated heterocycles. The normalized spacial score (nSPS) is 12.9. The fourth-order valence-corrected chi connectivity index (χ4v) is 3.63. The van der Waals surface area contributed by atoms with E-state index >= 15 is 0 Å². The Balaban J connectivity index is 1.71. The van der Waals surface area contributed by atoms with E-state index in [2.05, 4.69) is 27.1 Å². The number of carbonyl (C=O) groups excluding carboxylic acids is 1. The highest BCUT2D eigenvalue weighted by molar-refractivity contribution is 8.00. The summed E-state index contributed by atoms with van der Waals surface area (Å²) in [5.74, 6) is 0.260. The first-order chi connectivity index (χ1) is 14.0. The van der Waals surface area contributed by atoms with E-state index in [9.17, 15) is 9.18 Å². The van der Waals surface area contributed by atoms with E-state index < -0.39 is 5.25 Å². The van der Waals surface area contributed by atoms with Crippen molar-refractivity contribution in [2.24, 2.45) is 0 Å². The number of hydrogen-bond donors (Lipinski definition) is 1. The van der Waals surface area contributed by atoms with Crippen LogP contribution in [0.1, 0.15) is 25.5 Å². The van der Waals surface area contributed by atoms with Crippen LogP contribution in [0.4, 0.5) is 4.39 Å². The lowest BCUT2D eigenvalue weighted by Gasteiger charge is -2.18. The summed E-state index contributed by atoms with van der Waals surface area (Å²) < 4.78 is 15.0. The van der Waals surface area contributed by atoms with E-state index in [0.717, 1.165) is 11.1 Å². The molecular formula is C21H22FN5OS. The highest BCUT2D eigenvalue weighted by atomic mass is 32.2. The van der Waals surface area contributed by atoms with Crippen LogP contribution in [-0.4, -0.2) is 30.9 Å². The Bertz CT molecular complexity index is 974. The predicted octanol–water partition coefficient (Wildman–Crippen LogP) is 4.02. The van der Waals surface area contributed by atoms with Gasteiger partial charge in [-0.05, 0) is 43.7 Å². The highest BCUT2D eigenvalue weighted by Crippen LogP contribution is 2.27. The van der Waals surface area contributed by atoms with Gasteiger partial charge in [0.1, 0.15) is 5.82 Å². The molecule has 0 aliphatic carbocycles. The maximum atomic E-state index is 13.1. The monoisotopic (exact) mass is 411 g/mol. The second-order valence-corrected chi connectivity index (χ2v) is 7.79. The summed E-state index contributed by atoms with van der Waals surface area (Å²) in [6, 6.07) is 9.59. The molecule has 0 fully saturated rings. The summed E-state index contributed by atoms with van der Waals surface area (Å²) in [4.78, 5) is 16.7. The van der Waals surface area contributed by atoms with Crippen LogP contribution < -0.4 is 5.32 Å². The minimum absolute atomic E-state index is 0.134. The minimum Gasteiger partial charge on any atom is -0.349 e. The Hall–Kier alpha value is -3.00. The molecule has 2 atom stereocenters. The summed E-state index contributed by atoms with van der Waals surface area (Å²) in [5.41, 5.74) is 1.73. The average molecular weight is 412 g/mol. The fraction of sp³-hybridized carbons (Fsp3) is 0.238. The Morgan fingerprint density at radius 2 is 1.90 bits per heavy atom.